The molecule has 0 atom stereocenters. The van der Waals surface area contributed by atoms with E-state index in [1.54, 1.807) is 0 Å². The van der Waals surface area contributed by atoms with Crippen molar-refractivity contribution in [2.45, 2.75) is 20.4 Å². The molecule has 3 nitrogen and oxygen atoms in total. The summed E-state index contributed by atoms with van der Waals surface area (Å²) in [5, 5.41) is 14.1. The van der Waals surface area contributed by atoms with Crippen LogP contribution in [0.5, 0.6) is 0 Å². The van der Waals surface area contributed by atoms with Gasteiger partial charge < -0.3 is 9.88 Å². The van der Waals surface area contributed by atoms with Crippen LogP contribution in [0.3, 0.4) is 0 Å². The number of nitrogens with one attached hydrogen (secondary N) is 1. The van der Waals surface area contributed by atoms with Gasteiger partial charge in [0, 0.05) is 23.3 Å². The van der Waals surface area contributed by atoms with Crippen LogP contribution in [0.4, 0.5) is 5.69 Å². The molecule has 0 fully saturated rings. The van der Waals surface area contributed by atoms with Gasteiger partial charge in [-0.15, -0.1) is 0 Å². The molecule has 0 spiro atoms. The van der Waals surface area contributed by atoms with E-state index in [-0.39, 0.29) is 0 Å². The van der Waals surface area contributed by atoms with Crippen LogP contribution >= 0.6 is 0 Å². The topological polar surface area (TPSA) is 40.8 Å². The second kappa shape index (κ2) is 7.01. The van der Waals surface area contributed by atoms with E-state index in [9.17, 15) is 5.26 Å². The fourth-order valence-corrected chi connectivity index (χ4v) is 3.56. The Kier molecular flexibility index (Phi) is 4.40. The minimum absolute atomic E-state index is 0.646. The smallest absolute Gasteiger partial charge is 0.125 e. The number of aromatic nitrogens is 1. The molecule has 0 saturated carbocycles. The van der Waals surface area contributed by atoms with E-state index < -0.39 is 0 Å². The summed E-state index contributed by atoms with van der Waals surface area (Å²) in [5.41, 5.74) is 7.69. The summed E-state index contributed by atoms with van der Waals surface area (Å²) in [7, 11) is 0. The monoisotopic (exact) mass is 351 g/mol. The molecule has 3 heteroatoms. The number of fused-ring (bicyclic) bond motifs is 1. The molecule has 0 saturated heterocycles. The van der Waals surface area contributed by atoms with Gasteiger partial charge in [-0.2, -0.15) is 5.26 Å². The molecule has 4 aromatic rings. The van der Waals surface area contributed by atoms with Gasteiger partial charge in [-0.25, -0.2) is 0 Å². The lowest BCUT2D eigenvalue weighted by Gasteiger charge is -2.13. The van der Waals surface area contributed by atoms with Crippen molar-refractivity contribution in [3.8, 4) is 11.8 Å². The van der Waals surface area contributed by atoms with Crippen molar-refractivity contribution < 1.29 is 0 Å². The Morgan fingerprint density at radius 2 is 1.59 bits per heavy atom. The third kappa shape index (κ3) is 3.18. The first kappa shape index (κ1) is 16.9. The summed E-state index contributed by atoms with van der Waals surface area (Å²) in [6, 6.07) is 26.9. The van der Waals surface area contributed by atoms with Crippen molar-refractivity contribution in [3.05, 3.63) is 95.2 Å². The van der Waals surface area contributed by atoms with Crippen molar-refractivity contribution in [3.63, 3.8) is 0 Å². The Morgan fingerprint density at radius 3 is 2.30 bits per heavy atom. The SMILES string of the molecule is Cc1cccc(C)c1CNc1ccc(-n2c(C#N)cc3ccccc32)cc1. The molecule has 0 aliphatic rings. The molecule has 0 amide bonds. The fraction of sp³-hybridized carbons (Fsp3) is 0.125. The first-order chi connectivity index (χ1) is 13.2. The standard InChI is InChI=1S/C24H21N3/c1-17-6-5-7-18(2)23(17)16-26-20-10-12-21(13-11-20)27-22(15-25)14-19-8-3-4-9-24(19)27/h3-14,26H,16H2,1-2H3. The molecule has 0 bridgehead atoms. The molecule has 4 rings (SSSR count). The van der Waals surface area contributed by atoms with Crippen LogP contribution in [-0.2, 0) is 6.54 Å². The lowest BCUT2D eigenvalue weighted by molar-refractivity contribution is 1.08. The zero-order chi connectivity index (χ0) is 18.8. The Hall–Kier alpha value is -3.51. The van der Waals surface area contributed by atoms with E-state index in [0.717, 1.165) is 28.8 Å². The Balaban J connectivity index is 1.61. The number of rotatable bonds is 4. The zero-order valence-corrected chi connectivity index (χ0v) is 15.5. The highest BCUT2D eigenvalue weighted by Crippen LogP contribution is 2.25. The predicted octanol–water partition coefficient (Wildman–Crippen LogP) is 5.73. The van der Waals surface area contributed by atoms with Crippen molar-refractivity contribution in [1.82, 2.24) is 4.57 Å². The van der Waals surface area contributed by atoms with Crippen molar-refractivity contribution in [2.24, 2.45) is 0 Å². The first-order valence-electron chi connectivity index (χ1n) is 9.07. The van der Waals surface area contributed by atoms with Gasteiger partial charge in [0.15, 0.2) is 0 Å². The number of anilines is 1. The molecule has 0 aliphatic carbocycles. The Bertz CT molecular complexity index is 1120. The van der Waals surface area contributed by atoms with Gasteiger partial charge >= 0.3 is 0 Å². The molecular formula is C24H21N3. The summed E-state index contributed by atoms with van der Waals surface area (Å²) in [4.78, 5) is 0. The molecule has 27 heavy (non-hydrogen) atoms. The second-order valence-electron chi connectivity index (χ2n) is 6.81. The van der Waals surface area contributed by atoms with Crippen molar-refractivity contribution in [2.75, 3.05) is 5.32 Å². The van der Waals surface area contributed by atoms with Crippen molar-refractivity contribution >= 4 is 16.6 Å². The maximum Gasteiger partial charge on any atom is 0.125 e. The van der Waals surface area contributed by atoms with Crippen LogP contribution < -0.4 is 5.32 Å². The highest BCUT2D eigenvalue weighted by molar-refractivity contribution is 5.84. The largest absolute Gasteiger partial charge is 0.381 e. The van der Waals surface area contributed by atoms with E-state index in [1.165, 1.54) is 16.7 Å². The average molecular weight is 351 g/mol. The highest BCUT2D eigenvalue weighted by atomic mass is 15.0. The molecule has 0 aliphatic heterocycles. The molecule has 0 radical (unpaired) electrons. The minimum atomic E-state index is 0.646. The maximum atomic E-state index is 9.51. The van der Waals surface area contributed by atoms with Gasteiger partial charge in [0.1, 0.15) is 11.8 Å². The van der Waals surface area contributed by atoms with Crippen LogP contribution in [0, 0.1) is 25.2 Å². The van der Waals surface area contributed by atoms with Gasteiger partial charge in [0.25, 0.3) is 0 Å². The van der Waals surface area contributed by atoms with E-state index >= 15 is 0 Å². The molecule has 3 aromatic carbocycles. The first-order valence-corrected chi connectivity index (χ1v) is 9.07. The van der Waals surface area contributed by atoms with E-state index in [4.69, 9.17) is 0 Å². The number of benzene rings is 3. The van der Waals surface area contributed by atoms with Gasteiger partial charge in [0.2, 0.25) is 0 Å². The number of hydrogen-bond acceptors (Lipinski definition) is 2. The molecule has 1 aromatic heterocycles. The molecule has 0 unspecified atom stereocenters. The minimum Gasteiger partial charge on any atom is -0.381 e. The predicted molar refractivity (Wildman–Crippen MR) is 111 cm³/mol. The normalized spacial score (nSPS) is 10.7. The number of aryl methyl sites for hydroxylation is 2. The van der Waals surface area contributed by atoms with Gasteiger partial charge in [-0.1, -0.05) is 36.4 Å². The quantitative estimate of drug-likeness (QED) is 0.510. The Morgan fingerprint density at radius 1 is 0.889 bits per heavy atom. The number of nitrogens with zero attached hydrogens (tertiary/aromatic N) is 2. The number of nitriles is 1. The lowest BCUT2D eigenvalue weighted by Crippen LogP contribution is -2.04. The van der Waals surface area contributed by atoms with Crippen LogP contribution in [0.2, 0.25) is 0 Å². The third-order valence-corrected chi connectivity index (χ3v) is 5.06. The summed E-state index contributed by atoms with van der Waals surface area (Å²) in [5.74, 6) is 0. The van der Waals surface area contributed by atoms with Gasteiger partial charge in [-0.3, -0.25) is 0 Å². The van der Waals surface area contributed by atoms with Crippen LogP contribution in [0.15, 0.2) is 72.8 Å². The summed E-state index contributed by atoms with van der Waals surface area (Å²) in [6.07, 6.45) is 0. The molecule has 132 valence electrons. The maximum absolute atomic E-state index is 9.51. The third-order valence-electron chi connectivity index (χ3n) is 5.06. The van der Waals surface area contributed by atoms with Crippen LogP contribution in [-0.4, -0.2) is 4.57 Å². The molecule has 1 heterocycles. The highest BCUT2D eigenvalue weighted by Gasteiger charge is 2.10. The van der Waals surface area contributed by atoms with Crippen LogP contribution in [0.25, 0.3) is 16.6 Å². The summed E-state index contributed by atoms with van der Waals surface area (Å²) >= 11 is 0. The van der Waals surface area contributed by atoms with Crippen molar-refractivity contribution in [1.29, 1.82) is 5.26 Å². The van der Waals surface area contributed by atoms with E-state index in [2.05, 4.69) is 67.7 Å². The zero-order valence-electron chi connectivity index (χ0n) is 15.5. The van der Waals surface area contributed by atoms with Crippen LogP contribution in [0.1, 0.15) is 22.4 Å². The fourth-order valence-electron chi connectivity index (χ4n) is 3.56. The second-order valence-corrected chi connectivity index (χ2v) is 6.81. The lowest BCUT2D eigenvalue weighted by atomic mass is 10.0. The van der Waals surface area contributed by atoms with E-state index in [0.29, 0.717) is 5.69 Å². The molecular weight excluding hydrogens is 330 g/mol. The number of para-hydroxylation sites is 1. The molecule has 1 N–H and O–H groups in total. The van der Waals surface area contributed by atoms with Gasteiger partial charge in [-0.05, 0) is 66.9 Å². The summed E-state index contributed by atoms with van der Waals surface area (Å²) < 4.78 is 2.00. The Labute approximate surface area is 159 Å². The number of hydrogen-bond donors (Lipinski definition) is 1. The average Bonchev–Trinajstić information content (AvgIpc) is 3.07. The van der Waals surface area contributed by atoms with Gasteiger partial charge in [0.05, 0.1) is 5.52 Å². The summed E-state index contributed by atoms with van der Waals surface area (Å²) in [6.45, 7) is 5.09. The van der Waals surface area contributed by atoms with E-state index in [1.807, 2.05) is 34.9 Å².